The molecule has 1 aliphatic rings. The monoisotopic (exact) mass is 228 g/mol. The molecule has 1 aromatic rings. The number of nitrogens with zero attached hydrogens (tertiary/aromatic N) is 1. The molecule has 1 heterocycles. The highest BCUT2D eigenvalue weighted by Crippen LogP contribution is 2.18. The molecule has 0 aliphatic carbocycles. The van der Waals surface area contributed by atoms with Gasteiger partial charge in [-0.1, -0.05) is 17.6 Å². The van der Waals surface area contributed by atoms with Crippen molar-refractivity contribution < 1.29 is 4.79 Å². The van der Waals surface area contributed by atoms with E-state index < -0.39 is 0 Å². The van der Waals surface area contributed by atoms with Crippen LogP contribution in [0.3, 0.4) is 0 Å². The number of benzene rings is 1. The minimum atomic E-state index is 0.0624. The molecule has 0 spiro atoms. The molecule has 0 aromatic heterocycles. The van der Waals surface area contributed by atoms with Gasteiger partial charge in [0.05, 0.1) is 0 Å². The molecule has 0 bridgehead atoms. The number of amides is 1. The molecule has 1 aromatic carbocycles. The standard InChI is InChI=1S/C13H17BN2O/c1-10(17)15-12-5-7-16(8-6-12)13-4-2-3-11(14)9-13/h2-4,9,12H,5-8H2,1H3,(H,15,17). The highest BCUT2D eigenvalue weighted by molar-refractivity contribution is 6.32. The molecule has 2 rings (SSSR count). The first kappa shape index (κ1) is 12.0. The molecule has 0 unspecified atom stereocenters. The van der Waals surface area contributed by atoms with Crippen LogP contribution in [0.4, 0.5) is 5.69 Å². The van der Waals surface area contributed by atoms with E-state index in [1.165, 1.54) is 5.69 Å². The predicted molar refractivity (Wildman–Crippen MR) is 70.9 cm³/mol. The van der Waals surface area contributed by atoms with E-state index in [9.17, 15) is 4.79 Å². The molecule has 0 saturated carbocycles. The highest BCUT2D eigenvalue weighted by atomic mass is 16.1. The van der Waals surface area contributed by atoms with E-state index >= 15 is 0 Å². The number of carbonyl (C=O) groups excluding carboxylic acids is 1. The first-order valence-electron chi connectivity index (χ1n) is 6.03. The van der Waals surface area contributed by atoms with Crippen molar-refractivity contribution in [3.63, 3.8) is 0 Å². The third-order valence-electron chi connectivity index (χ3n) is 3.14. The van der Waals surface area contributed by atoms with Gasteiger partial charge in [0.15, 0.2) is 0 Å². The molecule has 1 aliphatic heterocycles. The summed E-state index contributed by atoms with van der Waals surface area (Å²) in [7, 11) is 5.77. The molecule has 4 heteroatoms. The zero-order chi connectivity index (χ0) is 12.3. The minimum absolute atomic E-state index is 0.0624. The lowest BCUT2D eigenvalue weighted by Crippen LogP contribution is -2.44. The molecule has 0 atom stereocenters. The van der Waals surface area contributed by atoms with Gasteiger partial charge in [0.2, 0.25) is 5.91 Å². The Labute approximate surface area is 104 Å². The third kappa shape index (κ3) is 3.25. The fourth-order valence-electron chi connectivity index (χ4n) is 2.29. The van der Waals surface area contributed by atoms with Gasteiger partial charge in [0.1, 0.15) is 7.85 Å². The number of carbonyl (C=O) groups is 1. The van der Waals surface area contributed by atoms with E-state index in [1.807, 2.05) is 18.2 Å². The van der Waals surface area contributed by atoms with Crippen molar-refractivity contribution in [3.05, 3.63) is 24.3 Å². The van der Waals surface area contributed by atoms with Gasteiger partial charge in [-0.25, -0.2) is 0 Å². The number of anilines is 1. The topological polar surface area (TPSA) is 32.3 Å². The van der Waals surface area contributed by atoms with E-state index in [0.29, 0.717) is 6.04 Å². The fourth-order valence-corrected chi connectivity index (χ4v) is 2.29. The average Bonchev–Trinajstić information content (AvgIpc) is 2.29. The first-order valence-corrected chi connectivity index (χ1v) is 6.03. The quantitative estimate of drug-likeness (QED) is 0.751. The van der Waals surface area contributed by atoms with E-state index in [4.69, 9.17) is 7.85 Å². The predicted octanol–water partition coefficient (Wildman–Crippen LogP) is 0.585. The van der Waals surface area contributed by atoms with Crippen LogP contribution >= 0.6 is 0 Å². The van der Waals surface area contributed by atoms with Crippen LogP contribution in [-0.4, -0.2) is 32.9 Å². The van der Waals surface area contributed by atoms with E-state index in [2.05, 4.69) is 16.3 Å². The van der Waals surface area contributed by atoms with Crippen LogP contribution in [0, 0.1) is 0 Å². The Morgan fingerprint density at radius 2 is 2.12 bits per heavy atom. The van der Waals surface area contributed by atoms with E-state index in [-0.39, 0.29) is 5.91 Å². The summed E-state index contributed by atoms with van der Waals surface area (Å²) in [6.07, 6.45) is 1.99. The van der Waals surface area contributed by atoms with Crippen LogP contribution in [0.1, 0.15) is 19.8 Å². The number of nitrogens with one attached hydrogen (secondary N) is 1. The molecule has 1 amide bonds. The van der Waals surface area contributed by atoms with E-state index in [0.717, 1.165) is 31.4 Å². The first-order chi connectivity index (χ1) is 8.15. The summed E-state index contributed by atoms with van der Waals surface area (Å²) in [6, 6.07) is 8.27. The van der Waals surface area contributed by atoms with Crippen LogP contribution in [0.15, 0.2) is 24.3 Å². The Balaban J connectivity index is 1.93. The summed E-state index contributed by atoms with van der Waals surface area (Å²) in [5, 5.41) is 2.97. The van der Waals surface area contributed by atoms with Crippen LogP contribution in [0.2, 0.25) is 0 Å². The number of rotatable bonds is 2. The van der Waals surface area contributed by atoms with Crippen molar-refractivity contribution in [2.24, 2.45) is 0 Å². The van der Waals surface area contributed by atoms with Gasteiger partial charge in [0.25, 0.3) is 0 Å². The van der Waals surface area contributed by atoms with Crippen molar-refractivity contribution in [2.75, 3.05) is 18.0 Å². The molecule has 88 valence electrons. The molecule has 1 saturated heterocycles. The third-order valence-corrected chi connectivity index (χ3v) is 3.14. The lowest BCUT2D eigenvalue weighted by atomic mass is 9.95. The van der Waals surface area contributed by atoms with Crippen molar-refractivity contribution in [3.8, 4) is 0 Å². The summed E-state index contributed by atoms with van der Waals surface area (Å²) in [5.74, 6) is 0.0624. The van der Waals surface area contributed by atoms with Crippen molar-refractivity contribution >= 4 is 24.9 Å². The Hall–Kier alpha value is -1.45. The van der Waals surface area contributed by atoms with Crippen LogP contribution in [-0.2, 0) is 4.79 Å². The van der Waals surface area contributed by atoms with Gasteiger partial charge >= 0.3 is 0 Å². The average molecular weight is 228 g/mol. The van der Waals surface area contributed by atoms with Crippen LogP contribution in [0.25, 0.3) is 0 Å². The zero-order valence-corrected chi connectivity index (χ0v) is 10.1. The molecule has 1 fully saturated rings. The molecule has 1 N–H and O–H groups in total. The van der Waals surface area contributed by atoms with Gasteiger partial charge in [-0.15, -0.1) is 0 Å². The minimum Gasteiger partial charge on any atom is -0.371 e. The van der Waals surface area contributed by atoms with Gasteiger partial charge in [-0.2, -0.15) is 0 Å². The summed E-state index contributed by atoms with van der Waals surface area (Å²) < 4.78 is 0. The van der Waals surface area contributed by atoms with E-state index in [1.54, 1.807) is 6.92 Å². The molecule has 17 heavy (non-hydrogen) atoms. The normalized spacial score (nSPS) is 16.9. The number of hydrogen-bond donors (Lipinski definition) is 1. The van der Waals surface area contributed by atoms with Gasteiger partial charge in [0, 0.05) is 31.7 Å². The zero-order valence-electron chi connectivity index (χ0n) is 10.1. The van der Waals surface area contributed by atoms with Gasteiger partial charge < -0.3 is 10.2 Å². The number of piperidine rings is 1. The molecular formula is C13H17BN2O. The Kier molecular flexibility index (Phi) is 3.72. The highest BCUT2D eigenvalue weighted by Gasteiger charge is 2.19. The number of hydrogen-bond acceptors (Lipinski definition) is 2. The maximum atomic E-state index is 11.0. The summed E-state index contributed by atoms with van der Waals surface area (Å²) in [4.78, 5) is 13.3. The molecular weight excluding hydrogens is 211 g/mol. The fraction of sp³-hybridized carbons (Fsp3) is 0.462. The van der Waals surface area contributed by atoms with Crippen molar-refractivity contribution in [2.45, 2.75) is 25.8 Å². The Bertz CT molecular complexity index is 400. The van der Waals surface area contributed by atoms with Gasteiger partial charge in [-0.3, -0.25) is 4.79 Å². The van der Waals surface area contributed by atoms with Crippen molar-refractivity contribution in [1.82, 2.24) is 5.32 Å². The maximum absolute atomic E-state index is 11.0. The second kappa shape index (κ2) is 5.26. The van der Waals surface area contributed by atoms with Crippen molar-refractivity contribution in [1.29, 1.82) is 0 Å². The summed E-state index contributed by atoms with van der Waals surface area (Å²) >= 11 is 0. The second-order valence-electron chi connectivity index (χ2n) is 4.56. The lowest BCUT2D eigenvalue weighted by molar-refractivity contribution is -0.119. The lowest BCUT2D eigenvalue weighted by Gasteiger charge is -2.34. The van der Waals surface area contributed by atoms with Gasteiger partial charge in [-0.05, 0) is 25.0 Å². The maximum Gasteiger partial charge on any atom is 0.217 e. The molecule has 3 nitrogen and oxygen atoms in total. The SMILES string of the molecule is [B]c1cccc(N2CCC(NC(C)=O)CC2)c1. The smallest absolute Gasteiger partial charge is 0.217 e. The molecule has 2 radical (unpaired) electrons. The Morgan fingerprint density at radius 3 is 2.71 bits per heavy atom. The largest absolute Gasteiger partial charge is 0.371 e. The van der Waals surface area contributed by atoms with Crippen LogP contribution < -0.4 is 15.7 Å². The second-order valence-corrected chi connectivity index (χ2v) is 4.56. The summed E-state index contributed by atoms with van der Waals surface area (Å²) in [6.45, 7) is 3.51. The Morgan fingerprint density at radius 1 is 1.41 bits per heavy atom. The summed E-state index contributed by atoms with van der Waals surface area (Å²) in [5.41, 5.74) is 1.97. The van der Waals surface area contributed by atoms with Crippen LogP contribution in [0.5, 0.6) is 0 Å².